The van der Waals surface area contributed by atoms with Crippen LogP contribution in [0.3, 0.4) is 0 Å². The van der Waals surface area contributed by atoms with Gasteiger partial charge in [0.05, 0.1) is 0 Å². The minimum atomic E-state index is 0.583. The van der Waals surface area contributed by atoms with Crippen LogP contribution >= 0.6 is 11.3 Å². The molecule has 0 bridgehead atoms. The van der Waals surface area contributed by atoms with Crippen molar-refractivity contribution < 1.29 is 0 Å². The molecule has 1 aromatic rings. The molecule has 1 unspecified atom stereocenters. The minimum absolute atomic E-state index is 0.583. The Balaban J connectivity index is 1.96. The van der Waals surface area contributed by atoms with Crippen LogP contribution in [-0.2, 0) is 12.8 Å². The monoisotopic (exact) mass is 265 g/mol. The third-order valence-corrected chi connectivity index (χ3v) is 5.33. The van der Waals surface area contributed by atoms with Crippen molar-refractivity contribution >= 4 is 11.3 Å². The van der Waals surface area contributed by atoms with Gasteiger partial charge < -0.3 is 5.32 Å². The quantitative estimate of drug-likeness (QED) is 0.785. The molecule has 2 heteroatoms. The van der Waals surface area contributed by atoms with Crippen LogP contribution in [0, 0.1) is 5.92 Å². The van der Waals surface area contributed by atoms with Gasteiger partial charge in [0.2, 0.25) is 0 Å². The molecule has 0 saturated carbocycles. The van der Waals surface area contributed by atoms with Crippen molar-refractivity contribution in [2.75, 3.05) is 7.05 Å². The van der Waals surface area contributed by atoms with Crippen LogP contribution in [0.1, 0.15) is 67.3 Å². The van der Waals surface area contributed by atoms with E-state index in [4.69, 9.17) is 0 Å². The summed E-state index contributed by atoms with van der Waals surface area (Å²) in [4.78, 5) is 3.24. The lowest BCUT2D eigenvalue weighted by Gasteiger charge is -2.15. The van der Waals surface area contributed by atoms with Gasteiger partial charge in [-0.15, -0.1) is 11.3 Å². The van der Waals surface area contributed by atoms with E-state index in [0.29, 0.717) is 6.04 Å². The molecule has 18 heavy (non-hydrogen) atoms. The van der Waals surface area contributed by atoms with Crippen molar-refractivity contribution in [1.29, 1.82) is 0 Å². The first-order chi connectivity index (χ1) is 8.70. The zero-order chi connectivity index (χ0) is 13.0. The second kappa shape index (κ2) is 6.72. The van der Waals surface area contributed by atoms with E-state index >= 15 is 0 Å². The number of fused-ring (bicyclic) bond motifs is 1. The summed E-state index contributed by atoms with van der Waals surface area (Å²) < 4.78 is 0. The van der Waals surface area contributed by atoms with Crippen molar-refractivity contribution in [3.63, 3.8) is 0 Å². The molecule has 1 atom stereocenters. The smallest absolute Gasteiger partial charge is 0.0412 e. The van der Waals surface area contributed by atoms with Gasteiger partial charge in [-0.2, -0.15) is 0 Å². The number of aryl methyl sites for hydroxylation is 2. The van der Waals surface area contributed by atoms with Gasteiger partial charge in [-0.3, -0.25) is 0 Å². The van der Waals surface area contributed by atoms with Gasteiger partial charge in [-0.1, -0.05) is 26.7 Å². The highest BCUT2D eigenvalue weighted by molar-refractivity contribution is 7.12. The third-order valence-electron chi connectivity index (χ3n) is 3.98. The first-order valence-corrected chi connectivity index (χ1v) is 8.31. The molecule has 1 aliphatic rings. The van der Waals surface area contributed by atoms with E-state index in [-0.39, 0.29) is 0 Å². The van der Waals surface area contributed by atoms with Crippen LogP contribution in [0.2, 0.25) is 0 Å². The Morgan fingerprint density at radius 2 is 2.00 bits per heavy atom. The first kappa shape index (κ1) is 14.1. The maximum atomic E-state index is 3.51. The zero-order valence-corrected chi connectivity index (χ0v) is 12.9. The molecule has 0 spiro atoms. The topological polar surface area (TPSA) is 12.0 Å². The van der Waals surface area contributed by atoms with Crippen molar-refractivity contribution in [2.24, 2.45) is 5.92 Å². The predicted octanol–water partition coefficient (Wildman–Crippen LogP) is 4.71. The van der Waals surface area contributed by atoms with Crippen LogP contribution in [0.25, 0.3) is 0 Å². The van der Waals surface area contributed by atoms with E-state index in [9.17, 15) is 0 Å². The molecule has 2 rings (SSSR count). The molecule has 1 N–H and O–H groups in total. The van der Waals surface area contributed by atoms with Gasteiger partial charge in [-0.05, 0) is 56.7 Å². The normalized spacial score (nSPS) is 16.9. The summed E-state index contributed by atoms with van der Waals surface area (Å²) in [6, 6.07) is 3.06. The standard InChI is InChI=1S/C16H27NS/c1-12(2)7-6-9-14(17-3)16-11-13-8-4-5-10-15(13)18-16/h11-12,14,17H,4-10H2,1-3H3. The number of rotatable bonds is 6. The zero-order valence-electron chi connectivity index (χ0n) is 12.1. The largest absolute Gasteiger partial charge is 0.312 e. The number of nitrogens with one attached hydrogen (secondary N) is 1. The Kier molecular flexibility index (Phi) is 5.25. The van der Waals surface area contributed by atoms with E-state index < -0.39 is 0 Å². The Hall–Kier alpha value is -0.340. The number of hydrogen-bond donors (Lipinski definition) is 1. The van der Waals surface area contributed by atoms with Crippen LogP contribution < -0.4 is 5.32 Å². The molecule has 1 heterocycles. The second-order valence-corrected chi connectivity index (χ2v) is 7.14. The van der Waals surface area contributed by atoms with E-state index in [1.165, 1.54) is 44.9 Å². The lowest BCUT2D eigenvalue weighted by atomic mass is 9.97. The van der Waals surface area contributed by atoms with Crippen LogP contribution in [0.5, 0.6) is 0 Å². The fraction of sp³-hybridized carbons (Fsp3) is 0.750. The number of thiophene rings is 1. The molecular formula is C16H27NS. The van der Waals surface area contributed by atoms with Gasteiger partial charge in [-0.25, -0.2) is 0 Å². The number of hydrogen-bond acceptors (Lipinski definition) is 2. The van der Waals surface area contributed by atoms with Gasteiger partial charge in [0.15, 0.2) is 0 Å². The third kappa shape index (κ3) is 3.58. The molecule has 0 amide bonds. The van der Waals surface area contributed by atoms with E-state index in [0.717, 1.165) is 5.92 Å². The van der Waals surface area contributed by atoms with Gasteiger partial charge in [0.1, 0.15) is 0 Å². The van der Waals surface area contributed by atoms with Crippen LogP contribution in [0.15, 0.2) is 6.07 Å². The molecule has 0 fully saturated rings. The molecule has 0 aliphatic heterocycles. The Morgan fingerprint density at radius 1 is 1.22 bits per heavy atom. The minimum Gasteiger partial charge on any atom is -0.312 e. The molecule has 0 aromatic carbocycles. The summed E-state index contributed by atoms with van der Waals surface area (Å²) in [5.41, 5.74) is 1.64. The van der Waals surface area contributed by atoms with E-state index in [1.54, 1.807) is 15.3 Å². The summed E-state index contributed by atoms with van der Waals surface area (Å²) >= 11 is 2.06. The molecule has 0 radical (unpaired) electrons. The highest BCUT2D eigenvalue weighted by atomic mass is 32.1. The lowest BCUT2D eigenvalue weighted by Crippen LogP contribution is -2.15. The van der Waals surface area contributed by atoms with Gasteiger partial charge >= 0.3 is 0 Å². The summed E-state index contributed by atoms with van der Waals surface area (Å²) in [6.07, 6.45) is 9.39. The Bertz CT molecular complexity index is 344. The molecule has 0 saturated heterocycles. The molecular weight excluding hydrogens is 238 g/mol. The summed E-state index contributed by atoms with van der Waals surface area (Å²) in [6.45, 7) is 4.64. The highest BCUT2D eigenvalue weighted by Crippen LogP contribution is 2.34. The summed E-state index contributed by atoms with van der Waals surface area (Å²) in [7, 11) is 2.11. The molecule has 102 valence electrons. The van der Waals surface area contributed by atoms with Crippen molar-refractivity contribution in [1.82, 2.24) is 5.32 Å². The maximum Gasteiger partial charge on any atom is 0.0412 e. The maximum absolute atomic E-state index is 3.51. The SMILES string of the molecule is CNC(CCCC(C)C)c1cc2c(s1)CCCC2. The predicted molar refractivity (Wildman–Crippen MR) is 81.5 cm³/mol. The van der Waals surface area contributed by atoms with Crippen LogP contribution in [-0.4, -0.2) is 7.05 Å². The van der Waals surface area contributed by atoms with E-state index in [1.807, 2.05) is 0 Å². The summed E-state index contributed by atoms with van der Waals surface area (Å²) in [5.74, 6) is 0.832. The first-order valence-electron chi connectivity index (χ1n) is 7.49. The summed E-state index contributed by atoms with van der Waals surface area (Å²) in [5, 5.41) is 3.51. The average Bonchev–Trinajstić information content (AvgIpc) is 2.77. The highest BCUT2D eigenvalue weighted by Gasteiger charge is 2.18. The van der Waals surface area contributed by atoms with Gasteiger partial charge in [0.25, 0.3) is 0 Å². The molecule has 1 aromatic heterocycles. The van der Waals surface area contributed by atoms with E-state index in [2.05, 4.69) is 43.6 Å². The van der Waals surface area contributed by atoms with Crippen molar-refractivity contribution in [3.05, 3.63) is 21.4 Å². The Labute approximate surface area is 116 Å². The second-order valence-electron chi connectivity index (χ2n) is 5.97. The fourth-order valence-electron chi connectivity index (χ4n) is 2.84. The average molecular weight is 265 g/mol. The van der Waals surface area contributed by atoms with Gasteiger partial charge in [0, 0.05) is 15.8 Å². The lowest BCUT2D eigenvalue weighted by molar-refractivity contribution is 0.474. The van der Waals surface area contributed by atoms with Crippen molar-refractivity contribution in [2.45, 2.75) is 64.8 Å². The molecule has 1 nitrogen and oxygen atoms in total. The van der Waals surface area contributed by atoms with Crippen molar-refractivity contribution in [3.8, 4) is 0 Å². The molecule has 1 aliphatic carbocycles. The van der Waals surface area contributed by atoms with Crippen LogP contribution in [0.4, 0.5) is 0 Å². The Morgan fingerprint density at radius 3 is 2.67 bits per heavy atom. The fourth-order valence-corrected chi connectivity index (χ4v) is 4.25.